The first-order valence-corrected chi connectivity index (χ1v) is 9.50. The summed E-state index contributed by atoms with van der Waals surface area (Å²) >= 11 is 0. The van der Waals surface area contributed by atoms with Crippen molar-refractivity contribution in [2.24, 2.45) is 0 Å². The van der Waals surface area contributed by atoms with Crippen LogP contribution in [0.1, 0.15) is 36.5 Å². The van der Waals surface area contributed by atoms with Gasteiger partial charge in [-0.25, -0.2) is 8.78 Å². The van der Waals surface area contributed by atoms with E-state index in [0.29, 0.717) is 5.56 Å². The summed E-state index contributed by atoms with van der Waals surface area (Å²) < 4.78 is 61.4. The molecule has 0 radical (unpaired) electrons. The smallest absolute Gasteiger partial charge is 0.426 e. The third kappa shape index (κ3) is 4.80. The molecule has 6 heteroatoms. The molecule has 3 aromatic carbocycles. The Morgan fingerprint density at radius 3 is 2.03 bits per heavy atom. The molecule has 0 spiro atoms. The van der Waals surface area contributed by atoms with Crippen molar-refractivity contribution in [1.29, 1.82) is 5.26 Å². The van der Waals surface area contributed by atoms with E-state index in [9.17, 15) is 17.6 Å². The van der Waals surface area contributed by atoms with Crippen LogP contribution in [0.4, 0.5) is 17.6 Å². The maximum atomic E-state index is 14.5. The Kier molecular flexibility index (Phi) is 6.41. The molecule has 0 amide bonds. The number of benzene rings is 3. The molecule has 2 nitrogen and oxygen atoms in total. The maximum Gasteiger partial charge on any atom is 0.426 e. The lowest BCUT2D eigenvalue weighted by Gasteiger charge is -2.19. The molecule has 0 aliphatic heterocycles. The van der Waals surface area contributed by atoms with Crippen molar-refractivity contribution in [3.05, 3.63) is 89.0 Å². The Bertz CT molecular complexity index is 1030. The van der Waals surface area contributed by atoms with Crippen LogP contribution in [0.3, 0.4) is 0 Å². The van der Waals surface area contributed by atoms with Crippen LogP contribution in [-0.2, 0) is 12.5 Å². The number of unbranched alkanes of at least 4 members (excludes halogenated alkanes) is 1. The number of rotatable bonds is 7. The summed E-state index contributed by atoms with van der Waals surface area (Å²) in [6, 6.07) is 15.0. The normalized spacial score (nSPS) is 11.2. The van der Waals surface area contributed by atoms with Crippen LogP contribution in [0.15, 0.2) is 60.7 Å². The van der Waals surface area contributed by atoms with E-state index in [1.807, 2.05) is 0 Å². The molecular weight excluding hydrogens is 394 g/mol. The molecule has 0 bridgehead atoms. The van der Waals surface area contributed by atoms with Crippen molar-refractivity contribution in [2.45, 2.75) is 32.3 Å². The lowest BCUT2D eigenvalue weighted by atomic mass is 10.0. The Hall–Kier alpha value is -3.33. The summed E-state index contributed by atoms with van der Waals surface area (Å²) in [6.45, 7) is 2.07. The van der Waals surface area contributed by atoms with Gasteiger partial charge in [-0.05, 0) is 65.9 Å². The first-order valence-electron chi connectivity index (χ1n) is 9.50. The molecule has 0 unspecified atom stereocenters. The van der Waals surface area contributed by atoms with Crippen molar-refractivity contribution < 1.29 is 22.3 Å². The second-order valence-corrected chi connectivity index (χ2v) is 6.87. The van der Waals surface area contributed by atoms with E-state index in [-0.39, 0.29) is 16.9 Å². The van der Waals surface area contributed by atoms with Gasteiger partial charge in [-0.3, -0.25) is 0 Å². The van der Waals surface area contributed by atoms with Crippen LogP contribution >= 0.6 is 0 Å². The Balaban J connectivity index is 1.76. The van der Waals surface area contributed by atoms with E-state index < -0.39 is 23.3 Å². The Labute approximate surface area is 172 Å². The van der Waals surface area contributed by atoms with Crippen molar-refractivity contribution >= 4 is 0 Å². The molecule has 0 aliphatic rings. The molecule has 30 heavy (non-hydrogen) atoms. The standard InChI is InChI=1S/C24H19F4NO/c1-2-3-4-16-5-9-19(10-6-16)24(27,28)30-20-11-7-17(8-12-20)18-13-22(25)21(15-29)23(26)14-18/h5-14H,2-4H2,1H3. The largest absolute Gasteiger partial charge is 0.429 e. The van der Waals surface area contributed by atoms with E-state index in [1.54, 1.807) is 12.1 Å². The van der Waals surface area contributed by atoms with Crippen molar-refractivity contribution in [3.63, 3.8) is 0 Å². The molecule has 0 atom stereocenters. The molecule has 3 rings (SSSR count). The zero-order valence-electron chi connectivity index (χ0n) is 16.3. The predicted octanol–water partition coefficient (Wildman–Crippen LogP) is 6.97. The molecule has 0 aromatic heterocycles. The van der Waals surface area contributed by atoms with Crippen LogP contribution in [0.2, 0.25) is 0 Å². The van der Waals surface area contributed by atoms with Gasteiger partial charge in [-0.1, -0.05) is 37.6 Å². The summed E-state index contributed by atoms with van der Waals surface area (Å²) in [6.07, 6.45) is -0.678. The van der Waals surface area contributed by atoms with Crippen molar-refractivity contribution in [2.75, 3.05) is 0 Å². The van der Waals surface area contributed by atoms with E-state index in [0.717, 1.165) is 37.0 Å². The van der Waals surface area contributed by atoms with Gasteiger partial charge in [0.2, 0.25) is 0 Å². The zero-order chi connectivity index (χ0) is 21.7. The minimum atomic E-state index is -3.53. The Morgan fingerprint density at radius 1 is 0.900 bits per heavy atom. The van der Waals surface area contributed by atoms with Gasteiger partial charge < -0.3 is 4.74 Å². The summed E-state index contributed by atoms with van der Waals surface area (Å²) in [7, 11) is 0. The molecule has 0 fully saturated rings. The second-order valence-electron chi connectivity index (χ2n) is 6.87. The highest BCUT2D eigenvalue weighted by atomic mass is 19.3. The van der Waals surface area contributed by atoms with Gasteiger partial charge >= 0.3 is 6.11 Å². The average Bonchev–Trinajstić information content (AvgIpc) is 2.72. The average molecular weight is 413 g/mol. The topological polar surface area (TPSA) is 33.0 Å². The van der Waals surface area contributed by atoms with Crippen LogP contribution in [-0.4, -0.2) is 0 Å². The number of hydrogen-bond acceptors (Lipinski definition) is 2. The highest BCUT2D eigenvalue weighted by molar-refractivity contribution is 5.65. The maximum absolute atomic E-state index is 14.5. The number of halogens is 4. The fraction of sp³-hybridized carbons (Fsp3) is 0.208. The number of nitrogens with zero attached hydrogens (tertiary/aromatic N) is 1. The van der Waals surface area contributed by atoms with Gasteiger partial charge in [0.15, 0.2) is 0 Å². The Morgan fingerprint density at radius 2 is 1.50 bits per heavy atom. The minimum Gasteiger partial charge on any atom is -0.429 e. The molecule has 0 aliphatic carbocycles. The van der Waals surface area contributed by atoms with Crippen LogP contribution in [0.25, 0.3) is 11.1 Å². The van der Waals surface area contributed by atoms with Crippen molar-refractivity contribution in [1.82, 2.24) is 0 Å². The van der Waals surface area contributed by atoms with Gasteiger partial charge in [0.25, 0.3) is 0 Å². The lowest BCUT2D eigenvalue weighted by Crippen LogP contribution is -2.21. The van der Waals surface area contributed by atoms with Gasteiger partial charge in [0, 0.05) is 0 Å². The fourth-order valence-electron chi connectivity index (χ4n) is 3.02. The first-order chi connectivity index (χ1) is 14.3. The van der Waals surface area contributed by atoms with Gasteiger partial charge in [0.05, 0.1) is 5.56 Å². The molecule has 154 valence electrons. The van der Waals surface area contributed by atoms with Crippen molar-refractivity contribution in [3.8, 4) is 22.9 Å². The van der Waals surface area contributed by atoms with Gasteiger partial charge in [0.1, 0.15) is 29.0 Å². The number of nitriles is 1. The third-order valence-corrected chi connectivity index (χ3v) is 4.70. The quantitative estimate of drug-likeness (QED) is 0.392. The van der Waals surface area contributed by atoms with Crippen LogP contribution < -0.4 is 4.74 Å². The lowest BCUT2D eigenvalue weighted by molar-refractivity contribution is -0.185. The van der Waals surface area contributed by atoms with Gasteiger partial charge in [-0.2, -0.15) is 14.0 Å². The second kappa shape index (κ2) is 9.00. The molecule has 0 heterocycles. The van der Waals surface area contributed by atoms with E-state index in [1.165, 1.54) is 42.5 Å². The van der Waals surface area contributed by atoms with E-state index in [4.69, 9.17) is 10.00 Å². The molecular formula is C24H19F4NO. The fourth-order valence-corrected chi connectivity index (χ4v) is 3.02. The monoisotopic (exact) mass is 413 g/mol. The molecule has 0 saturated heterocycles. The van der Waals surface area contributed by atoms with Crippen LogP contribution in [0, 0.1) is 23.0 Å². The third-order valence-electron chi connectivity index (χ3n) is 4.70. The SMILES string of the molecule is CCCCc1ccc(C(F)(F)Oc2ccc(-c3cc(F)c(C#N)c(F)c3)cc2)cc1. The molecule has 3 aromatic rings. The molecule has 0 saturated carbocycles. The highest BCUT2D eigenvalue weighted by Crippen LogP contribution is 2.33. The highest BCUT2D eigenvalue weighted by Gasteiger charge is 2.34. The number of ether oxygens (including phenoxy) is 1. The van der Waals surface area contributed by atoms with E-state index >= 15 is 0 Å². The number of hydrogen-bond donors (Lipinski definition) is 0. The summed E-state index contributed by atoms with van der Waals surface area (Å²) in [5.41, 5.74) is 0.642. The summed E-state index contributed by atoms with van der Waals surface area (Å²) in [4.78, 5) is 0. The summed E-state index contributed by atoms with van der Waals surface area (Å²) in [5.74, 6) is -2.06. The minimum absolute atomic E-state index is 0.0894. The first kappa shape index (κ1) is 21.4. The number of alkyl halides is 2. The van der Waals surface area contributed by atoms with Gasteiger partial charge in [-0.15, -0.1) is 0 Å². The predicted molar refractivity (Wildman–Crippen MR) is 106 cm³/mol. The zero-order valence-corrected chi connectivity index (χ0v) is 16.3. The van der Waals surface area contributed by atoms with Crippen LogP contribution in [0.5, 0.6) is 5.75 Å². The van der Waals surface area contributed by atoms with E-state index in [2.05, 4.69) is 6.92 Å². The molecule has 0 N–H and O–H groups in total. The number of aryl methyl sites for hydroxylation is 1. The summed E-state index contributed by atoms with van der Waals surface area (Å²) in [5, 5.41) is 8.73.